The molecule has 6 rings (SSSR count). The Morgan fingerprint density at radius 1 is 0.421 bits per heavy atom. The lowest BCUT2D eigenvalue weighted by Gasteiger charge is -2.38. The molecule has 57 heavy (non-hydrogen) atoms. The molecule has 4 fully saturated rings. The molecule has 0 radical (unpaired) electrons. The Morgan fingerprint density at radius 3 is 1.05 bits per heavy atom. The Morgan fingerprint density at radius 2 is 0.737 bits per heavy atom. The molecule has 0 N–H and O–H groups in total. The van der Waals surface area contributed by atoms with Gasteiger partial charge >= 0.3 is 0 Å². The summed E-state index contributed by atoms with van der Waals surface area (Å²) in [6.45, 7) is 5.28. The van der Waals surface area contributed by atoms with E-state index in [1.54, 1.807) is 24.3 Å². The normalized spacial score (nSPS) is 28.5. The van der Waals surface area contributed by atoms with Crippen LogP contribution in [-0.4, -0.2) is 13.2 Å². The monoisotopic (exact) mass is 795 g/mol. The van der Waals surface area contributed by atoms with Crippen molar-refractivity contribution in [1.82, 2.24) is 0 Å². The van der Waals surface area contributed by atoms with Crippen molar-refractivity contribution in [2.75, 3.05) is 13.2 Å². The summed E-state index contributed by atoms with van der Waals surface area (Å²) in [6.07, 6.45) is 32.4. The van der Waals surface area contributed by atoms with E-state index in [-0.39, 0.29) is 35.8 Å². The molecule has 0 unspecified atom stereocenters. The lowest BCUT2D eigenvalue weighted by atomic mass is 9.68. The number of benzene rings is 2. The SMILES string of the molecule is CCCCCC1CCC(C2CCC(c3cc(F)c(CCCOCCCc4c(F)cc(C5CCC(C6CCC(CCCCC)CC6)CC5)cc4F)c(F)c3)CC2)CC1. The smallest absolute Gasteiger partial charge is 0.129 e. The van der Waals surface area contributed by atoms with Crippen LogP contribution in [0.25, 0.3) is 0 Å². The minimum Gasteiger partial charge on any atom is -0.381 e. The molecule has 4 aliphatic rings. The van der Waals surface area contributed by atoms with Crippen molar-refractivity contribution in [3.63, 3.8) is 0 Å². The highest BCUT2D eigenvalue weighted by atomic mass is 19.1. The third kappa shape index (κ3) is 13.1. The fourth-order valence-corrected chi connectivity index (χ4v) is 12.1. The Balaban J connectivity index is 0.849. The maximum absolute atomic E-state index is 15.2. The van der Waals surface area contributed by atoms with Crippen LogP contribution in [0.5, 0.6) is 0 Å². The second-order valence-corrected chi connectivity index (χ2v) is 19.5. The molecule has 4 aliphatic carbocycles. The zero-order valence-electron chi connectivity index (χ0n) is 36.1. The molecular formula is C52H78F4O. The van der Waals surface area contributed by atoms with Crippen LogP contribution in [-0.2, 0) is 17.6 Å². The first kappa shape index (κ1) is 44.7. The number of unbranched alkanes of at least 4 members (excludes halogenated alkanes) is 4. The van der Waals surface area contributed by atoms with Crippen LogP contribution < -0.4 is 0 Å². The van der Waals surface area contributed by atoms with E-state index in [2.05, 4.69) is 13.8 Å². The summed E-state index contributed by atoms with van der Waals surface area (Å²) in [7, 11) is 0. The molecule has 0 amide bonds. The summed E-state index contributed by atoms with van der Waals surface area (Å²) >= 11 is 0. The molecule has 0 heterocycles. The first-order valence-electron chi connectivity index (χ1n) is 24.4. The van der Waals surface area contributed by atoms with Crippen molar-refractivity contribution < 1.29 is 22.3 Å². The lowest BCUT2D eigenvalue weighted by molar-refractivity contribution is 0.129. The minimum absolute atomic E-state index is 0.143. The van der Waals surface area contributed by atoms with Gasteiger partial charge in [0.1, 0.15) is 23.3 Å². The topological polar surface area (TPSA) is 9.23 Å². The molecule has 0 atom stereocenters. The van der Waals surface area contributed by atoms with Gasteiger partial charge in [0.15, 0.2) is 0 Å². The summed E-state index contributed by atoms with van der Waals surface area (Å²) in [6, 6.07) is 6.36. The molecule has 0 aliphatic heterocycles. The highest BCUT2D eigenvalue weighted by Crippen LogP contribution is 2.46. The second kappa shape index (κ2) is 23.2. The van der Waals surface area contributed by atoms with Crippen LogP contribution in [0.1, 0.15) is 215 Å². The standard InChI is InChI=1S/C52H78F4O/c1-3-5-7-11-37-15-19-39(20-16-37)41-23-27-43(28-24-41)45-33-49(53)47(50(54)34-45)13-9-31-57-32-10-14-48-51(55)35-46(36-52(48)56)44-29-25-42(26-30-44)40-21-17-38(18-22-40)12-8-6-4-2/h33-44H,3-32H2,1-2H3. The van der Waals surface area contributed by atoms with Crippen LogP contribution in [0.15, 0.2) is 24.3 Å². The van der Waals surface area contributed by atoms with Crippen molar-refractivity contribution in [3.8, 4) is 0 Å². The van der Waals surface area contributed by atoms with E-state index in [1.807, 2.05) is 0 Å². The quantitative estimate of drug-likeness (QED) is 0.0958. The lowest BCUT2D eigenvalue weighted by Crippen LogP contribution is -2.25. The van der Waals surface area contributed by atoms with Gasteiger partial charge in [-0.15, -0.1) is 0 Å². The highest BCUT2D eigenvalue weighted by Gasteiger charge is 2.33. The number of hydrogen-bond acceptors (Lipinski definition) is 1. The van der Waals surface area contributed by atoms with Crippen molar-refractivity contribution in [1.29, 1.82) is 0 Å². The molecule has 0 saturated heterocycles. The van der Waals surface area contributed by atoms with Crippen LogP contribution >= 0.6 is 0 Å². The van der Waals surface area contributed by atoms with Gasteiger partial charge in [0, 0.05) is 24.3 Å². The summed E-state index contributed by atoms with van der Waals surface area (Å²) in [5, 5.41) is 0. The van der Waals surface area contributed by atoms with Gasteiger partial charge < -0.3 is 4.74 Å². The average Bonchev–Trinajstić information content (AvgIpc) is 3.23. The van der Waals surface area contributed by atoms with Crippen molar-refractivity contribution in [2.45, 2.75) is 205 Å². The predicted molar refractivity (Wildman–Crippen MR) is 229 cm³/mol. The minimum atomic E-state index is -0.439. The Labute approximate surface area is 345 Å². The average molecular weight is 795 g/mol. The molecule has 0 aromatic heterocycles. The van der Waals surface area contributed by atoms with E-state index in [0.717, 1.165) is 72.3 Å². The van der Waals surface area contributed by atoms with Gasteiger partial charge in [-0.05, 0) is 185 Å². The van der Waals surface area contributed by atoms with E-state index in [0.29, 0.717) is 26.1 Å². The Bertz CT molecular complexity index is 1300. The summed E-state index contributed by atoms with van der Waals surface area (Å²) in [5.74, 6) is 3.87. The van der Waals surface area contributed by atoms with Crippen LogP contribution in [0.4, 0.5) is 17.6 Å². The van der Waals surface area contributed by atoms with E-state index >= 15 is 17.6 Å². The number of halogens is 4. The zero-order chi connectivity index (χ0) is 40.0. The van der Waals surface area contributed by atoms with Crippen LogP contribution in [0, 0.1) is 58.8 Å². The first-order chi connectivity index (χ1) is 27.8. The molecule has 5 heteroatoms. The maximum Gasteiger partial charge on any atom is 0.129 e. The Hall–Kier alpha value is -1.88. The molecular weight excluding hydrogens is 717 g/mol. The van der Waals surface area contributed by atoms with Crippen molar-refractivity contribution in [3.05, 3.63) is 69.8 Å². The van der Waals surface area contributed by atoms with E-state index in [1.165, 1.54) is 128 Å². The second-order valence-electron chi connectivity index (χ2n) is 19.5. The van der Waals surface area contributed by atoms with Gasteiger partial charge in [-0.3, -0.25) is 0 Å². The Kier molecular flexibility index (Phi) is 18.2. The van der Waals surface area contributed by atoms with Crippen molar-refractivity contribution >= 4 is 0 Å². The van der Waals surface area contributed by atoms with Gasteiger partial charge in [-0.1, -0.05) is 90.9 Å². The molecule has 1 nitrogen and oxygen atoms in total. The summed E-state index contributed by atoms with van der Waals surface area (Å²) in [5.41, 5.74) is 1.93. The molecule has 4 saturated carbocycles. The van der Waals surface area contributed by atoms with Gasteiger partial charge in [-0.2, -0.15) is 0 Å². The van der Waals surface area contributed by atoms with Crippen molar-refractivity contribution in [2.24, 2.45) is 35.5 Å². The fraction of sp³-hybridized carbons (Fsp3) is 0.769. The summed E-state index contributed by atoms with van der Waals surface area (Å²) in [4.78, 5) is 0. The van der Waals surface area contributed by atoms with E-state index in [9.17, 15) is 0 Å². The number of hydrogen-bond donors (Lipinski definition) is 0. The molecule has 320 valence electrons. The molecule has 2 aromatic carbocycles. The van der Waals surface area contributed by atoms with Gasteiger partial charge in [-0.25, -0.2) is 17.6 Å². The van der Waals surface area contributed by atoms with E-state index < -0.39 is 23.3 Å². The summed E-state index contributed by atoms with van der Waals surface area (Å²) < 4.78 is 66.6. The molecule has 0 spiro atoms. The molecule has 0 bridgehead atoms. The predicted octanol–water partition coefficient (Wildman–Crippen LogP) is 16.1. The highest BCUT2D eigenvalue weighted by molar-refractivity contribution is 5.30. The fourth-order valence-electron chi connectivity index (χ4n) is 12.1. The zero-order valence-corrected chi connectivity index (χ0v) is 36.1. The maximum atomic E-state index is 15.2. The number of rotatable bonds is 20. The van der Waals surface area contributed by atoms with Gasteiger partial charge in [0.2, 0.25) is 0 Å². The van der Waals surface area contributed by atoms with Gasteiger partial charge in [0.25, 0.3) is 0 Å². The van der Waals surface area contributed by atoms with Gasteiger partial charge in [0.05, 0.1) is 0 Å². The third-order valence-electron chi connectivity index (χ3n) is 15.8. The third-order valence-corrected chi connectivity index (χ3v) is 15.8. The largest absolute Gasteiger partial charge is 0.381 e. The molecule has 2 aromatic rings. The first-order valence-corrected chi connectivity index (χ1v) is 24.4. The van der Waals surface area contributed by atoms with Crippen LogP contribution in [0.3, 0.4) is 0 Å². The van der Waals surface area contributed by atoms with Crippen LogP contribution in [0.2, 0.25) is 0 Å². The van der Waals surface area contributed by atoms with E-state index in [4.69, 9.17) is 4.74 Å². The number of ether oxygens (including phenoxy) is 1.